The summed E-state index contributed by atoms with van der Waals surface area (Å²) in [5.41, 5.74) is 15.6. The number of nitrogens with one attached hydrogen (secondary N) is 1. The molecule has 2 atom stereocenters. The Morgan fingerprint density at radius 1 is 1.02 bits per heavy atom. The normalized spacial score (nSPS) is 24.4. The molecule has 0 saturated carbocycles. The standard InChI is InChI=1S/C42H61N/c1-13-16-19-34(28(4)5)23-22-29(6)43-35-24-25-37-38(26-35)32(9)36(20-17-14-2)33(10)39(37)27-41-31(8)30(7)40(21-18-15-3)42(41,11)12/h16,18-19,21-24,27-28,37-38,43H,8,13-15,17,20,25-26H2,1-7,9-12H3/b19-16-,21-18-,29-22+,34-23-,41-27+/t37-,38?/m0/s1. The maximum atomic E-state index is 4.62. The molecule has 0 heterocycles. The van der Waals surface area contributed by atoms with Crippen LogP contribution in [0.5, 0.6) is 0 Å². The van der Waals surface area contributed by atoms with E-state index in [1.54, 1.807) is 16.7 Å². The molecule has 234 valence electrons. The van der Waals surface area contributed by atoms with E-state index in [0.29, 0.717) is 17.8 Å². The lowest BCUT2D eigenvalue weighted by Crippen LogP contribution is -2.30. The number of unbranched alkanes of at least 4 members (excludes halogenated alkanes) is 1. The smallest absolute Gasteiger partial charge is 0.0155 e. The highest BCUT2D eigenvalue weighted by Crippen LogP contribution is 2.53. The first-order valence-corrected chi connectivity index (χ1v) is 17.1. The van der Waals surface area contributed by atoms with E-state index in [-0.39, 0.29) is 5.41 Å². The fourth-order valence-corrected chi connectivity index (χ4v) is 7.28. The van der Waals surface area contributed by atoms with Gasteiger partial charge in [0, 0.05) is 16.8 Å². The molecule has 43 heavy (non-hydrogen) atoms. The molecule has 1 nitrogen and oxygen atoms in total. The molecule has 3 rings (SSSR count). The Balaban J connectivity index is 2.00. The molecule has 3 aliphatic rings. The van der Waals surface area contributed by atoms with Gasteiger partial charge in [-0.25, -0.2) is 0 Å². The Morgan fingerprint density at radius 2 is 1.72 bits per heavy atom. The number of allylic oxidation sites excluding steroid dienone is 19. The zero-order valence-electron chi connectivity index (χ0n) is 29.5. The van der Waals surface area contributed by atoms with Gasteiger partial charge in [0.25, 0.3) is 0 Å². The van der Waals surface area contributed by atoms with Gasteiger partial charge in [-0.2, -0.15) is 0 Å². The van der Waals surface area contributed by atoms with Crippen molar-refractivity contribution in [1.29, 1.82) is 0 Å². The largest absolute Gasteiger partial charge is 0.363 e. The molecule has 0 fully saturated rings. The third kappa shape index (κ3) is 7.84. The number of fused-ring (bicyclic) bond motifs is 1. The summed E-state index contributed by atoms with van der Waals surface area (Å²) in [6.07, 6.45) is 26.7. The summed E-state index contributed by atoms with van der Waals surface area (Å²) in [5, 5.41) is 3.80. The van der Waals surface area contributed by atoms with Crippen LogP contribution in [0.1, 0.15) is 121 Å². The molecule has 3 aliphatic carbocycles. The Hall–Kier alpha value is -2.80. The van der Waals surface area contributed by atoms with Gasteiger partial charge in [-0.3, -0.25) is 0 Å². The number of hydrogen-bond donors (Lipinski definition) is 1. The average Bonchev–Trinajstić information content (AvgIpc) is 3.12. The van der Waals surface area contributed by atoms with E-state index < -0.39 is 0 Å². The summed E-state index contributed by atoms with van der Waals surface area (Å²) in [7, 11) is 0. The molecule has 0 amide bonds. The van der Waals surface area contributed by atoms with Crippen LogP contribution >= 0.6 is 0 Å². The number of rotatable bonds is 12. The number of hydrogen-bond acceptors (Lipinski definition) is 1. The van der Waals surface area contributed by atoms with Crippen LogP contribution in [0, 0.1) is 23.2 Å². The second kappa shape index (κ2) is 15.3. The van der Waals surface area contributed by atoms with Crippen LogP contribution in [0.4, 0.5) is 0 Å². The van der Waals surface area contributed by atoms with Gasteiger partial charge >= 0.3 is 0 Å². The fraction of sp³-hybridized carbons (Fsp3) is 0.524. The minimum Gasteiger partial charge on any atom is -0.363 e. The third-order valence-electron chi connectivity index (χ3n) is 10.1. The molecule has 0 saturated heterocycles. The predicted molar refractivity (Wildman–Crippen MR) is 192 cm³/mol. The molecule has 0 bridgehead atoms. The lowest BCUT2D eigenvalue weighted by molar-refractivity contribution is 0.393. The molecule has 1 unspecified atom stereocenters. The molecule has 0 radical (unpaired) electrons. The molecule has 1 N–H and O–H groups in total. The van der Waals surface area contributed by atoms with Crippen molar-refractivity contribution >= 4 is 0 Å². The predicted octanol–water partition coefficient (Wildman–Crippen LogP) is 12.6. The molecule has 0 aliphatic heterocycles. The van der Waals surface area contributed by atoms with Gasteiger partial charge in [-0.05, 0) is 135 Å². The van der Waals surface area contributed by atoms with Gasteiger partial charge in [0.1, 0.15) is 0 Å². The van der Waals surface area contributed by atoms with Crippen molar-refractivity contribution < 1.29 is 0 Å². The molecular formula is C42H61N. The van der Waals surface area contributed by atoms with Gasteiger partial charge in [-0.1, -0.05) is 110 Å². The van der Waals surface area contributed by atoms with Crippen LogP contribution < -0.4 is 5.32 Å². The monoisotopic (exact) mass is 579 g/mol. The zero-order chi connectivity index (χ0) is 31.9. The Kier molecular flexibility index (Phi) is 12.3. The minimum absolute atomic E-state index is 0.0385. The Bertz CT molecular complexity index is 1330. The third-order valence-corrected chi connectivity index (χ3v) is 10.1. The van der Waals surface area contributed by atoms with Crippen molar-refractivity contribution in [2.45, 2.75) is 121 Å². The van der Waals surface area contributed by atoms with Crippen LogP contribution in [0.25, 0.3) is 0 Å². The highest BCUT2D eigenvalue weighted by atomic mass is 14.9. The van der Waals surface area contributed by atoms with Crippen molar-refractivity contribution in [3.8, 4) is 0 Å². The van der Waals surface area contributed by atoms with Crippen molar-refractivity contribution in [3.05, 3.63) is 117 Å². The second-order valence-electron chi connectivity index (χ2n) is 13.8. The molecular weight excluding hydrogens is 518 g/mol. The highest BCUT2D eigenvalue weighted by molar-refractivity contribution is 5.65. The highest BCUT2D eigenvalue weighted by Gasteiger charge is 2.40. The first-order chi connectivity index (χ1) is 20.4. The molecule has 1 heteroatoms. The summed E-state index contributed by atoms with van der Waals surface area (Å²) >= 11 is 0. The van der Waals surface area contributed by atoms with Crippen LogP contribution in [0.15, 0.2) is 117 Å². The van der Waals surface area contributed by atoms with E-state index >= 15 is 0 Å². The van der Waals surface area contributed by atoms with Gasteiger partial charge < -0.3 is 5.32 Å². The second-order valence-corrected chi connectivity index (χ2v) is 13.8. The summed E-state index contributed by atoms with van der Waals surface area (Å²) in [6, 6.07) is 0. The minimum atomic E-state index is -0.0385. The van der Waals surface area contributed by atoms with Crippen LogP contribution in [-0.4, -0.2) is 0 Å². The molecule has 0 aromatic rings. The molecule has 0 aromatic heterocycles. The molecule has 0 aromatic carbocycles. The van der Waals surface area contributed by atoms with E-state index in [2.05, 4.69) is 137 Å². The lowest BCUT2D eigenvalue weighted by atomic mass is 9.65. The van der Waals surface area contributed by atoms with E-state index in [1.807, 2.05) is 0 Å². The Labute approximate surface area is 265 Å². The summed E-state index contributed by atoms with van der Waals surface area (Å²) in [6.45, 7) is 29.9. The van der Waals surface area contributed by atoms with Crippen LogP contribution in [0.2, 0.25) is 0 Å². The SMILES string of the molecule is C=C1C(C)=C(/C=C\CC)C(C)(C)/C1=C/C1=C(C)C(CCCC)=C(C)C2CC(N/C(C)=C/C=C(/C=C\CC)C(C)C)=CC[C@H]12. The quantitative estimate of drug-likeness (QED) is 0.227. The fourth-order valence-electron chi connectivity index (χ4n) is 7.28. The van der Waals surface area contributed by atoms with Crippen LogP contribution in [-0.2, 0) is 0 Å². The van der Waals surface area contributed by atoms with Crippen LogP contribution in [0.3, 0.4) is 0 Å². The van der Waals surface area contributed by atoms with E-state index in [4.69, 9.17) is 0 Å². The Morgan fingerprint density at radius 3 is 2.35 bits per heavy atom. The van der Waals surface area contributed by atoms with Crippen molar-refractivity contribution in [3.63, 3.8) is 0 Å². The van der Waals surface area contributed by atoms with E-state index in [0.717, 1.165) is 25.7 Å². The maximum Gasteiger partial charge on any atom is 0.0155 e. The topological polar surface area (TPSA) is 12.0 Å². The summed E-state index contributed by atoms with van der Waals surface area (Å²) in [4.78, 5) is 0. The summed E-state index contributed by atoms with van der Waals surface area (Å²) in [5.74, 6) is 1.56. The zero-order valence-corrected chi connectivity index (χ0v) is 29.5. The van der Waals surface area contributed by atoms with Crippen molar-refractivity contribution in [1.82, 2.24) is 5.32 Å². The first-order valence-electron chi connectivity index (χ1n) is 17.1. The van der Waals surface area contributed by atoms with E-state index in [9.17, 15) is 0 Å². The van der Waals surface area contributed by atoms with Gasteiger partial charge in [0.05, 0.1) is 0 Å². The first kappa shape index (κ1) is 34.7. The van der Waals surface area contributed by atoms with Crippen molar-refractivity contribution in [2.24, 2.45) is 23.2 Å². The van der Waals surface area contributed by atoms with E-state index in [1.165, 1.54) is 64.1 Å². The van der Waals surface area contributed by atoms with Gasteiger partial charge in [0.2, 0.25) is 0 Å². The lowest BCUT2D eigenvalue weighted by Gasteiger charge is -2.40. The summed E-state index contributed by atoms with van der Waals surface area (Å²) < 4.78 is 0. The molecule has 0 spiro atoms. The maximum absolute atomic E-state index is 4.62. The van der Waals surface area contributed by atoms with Gasteiger partial charge in [-0.15, -0.1) is 0 Å². The average molecular weight is 580 g/mol. The van der Waals surface area contributed by atoms with Crippen molar-refractivity contribution in [2.75, 3.05) is 0 Å². The van der Waals surface area contributed by atoms with Gasteiger partial charge in [0.15, 0.2) is 0 Å².